The quantitative estimate of drug-likeness (QED) is 0.160. The normalized spacial score (nSPS) is 21.6. The third-order valence-corrected chi connectivity index (χ3v) is 19.4. The number of aryl methyl sites for hydroxylation is 2. The molecule has 0 bridgehead atoms. The van der Waals surface area contributed by atoms with Crippen LogP contribution in [0.5, 0.6) is 0 Å². The molecule has 2 nitrogen and oxygen atoms in total. The SMILES string of the molecule is Cc1cc2c3c(c1)N(c1cc4c(cc1C)C(C)(C)CCC4(C)C)c1ccc4c(c1B3N(c1ccc3c(c1)C(C)(C)CCC3(C)C)c1cc3c(cc1-2)C(C)(C)CCC3(C)C)-c1ccccc1C4(C)C. The smallest absolute Gasteiger partial charge is 0.333 e. The predicted octanol–water partition coefficient (Wildman–Crippen LogP) is 16.4. The van der Waals surface area contributed by atoms with E-state index in [0.29, 0.717) is 0 Å². The van der Waals surface area contributed by atoms with Crippen LogP contribution in [0.2, 0.25) is 0 Å². The van der Waals surface area contributed by atoms with Gasteiger partial charge in [0.15, 0.2) is 0 Å². The second-order valence-corrected chi connectivity index (χ2v) is 27.1. The Morgan fingerprint density at radius 1 is 0.382 bits per heavy atom. The zero-order chi connectivity index (χ0) is 48.2. The molecule has 0 saturated heterocycles. The number of rotatable bonds is 2. The van der Waals surface area contributed by atoms with Crippen molar-refractivity contribution in [2.75, 3.05) is 9.71 Å². The van der Waals surface area contributed by atoms with E-state index in [1.54, 1.807) is 0 Å². The molecule has 0 aromatic heterocycles. The molecule has 0 N–H and O–H groups in total. The molecule has 2 aliphatic heterocycles. The Morgan fingerprint density at radius 3 is 1.51 bits per heavy atom. The first-order chi connectivity index (χ1) is 31.8. The van der Waals surface area contributed by atoms with Crippen LogP contribution in [-0.2, 0) is 37.9 Å². The van der Waals surface area contributed by atoms with Crippen LogP contribution in [0.25, 0.3) is 22.3 Å². The predicted molar refractivity (Wildman–Crippen MR) is 293 cm³/mol. The van der Waals surface area contributed by atoms with Gasteiger partial charge in [0, 0.05) is 39.4 Å². The molecule has 348 valence electrons. The molecular formula is C65H75BN2. The van der Waals surface area contributed by atoms with Crippen molar-refractivity contribution in [2.45, 2.75) is 187 Å². The molecule has 3 heteroatoms. The first-order valence-corrected chi connectivity index (χ1v) is 26.3. The van der Waals surface area contributed by atoms with Crippen molar-refractivity contribution in [1.82, 2.24) is 0 Å². The van der Waals surface area contributed by atoms with Gasteiger partial charge < -0.3 is 9.71 Å². The lowest BCUT2D eigenvalue weighted by molar-refractivity contribution is 0.332. The highest BCUT2D eigenvalue weighted by atomic mass is 15.2. The minimum Gasteiger partial charge on any atom is -0.376 e. The van der Waals surface area contributed by atoms with Crippen molar-refractivity contribution in [1.29, 1.82) is 0 Å². The van der Waals surface area contributed by atoms with Crippen LogP contribution in [0.3, 0.4) is 0 Å². The zero-order valence-electron chi connectivity index (χ0n) is 44.4. The van der Waals surface area contributed by atoms with Crippen molar-refractivity contribution in [3.8, 4) is 22.3 Å². The van der Waals surface area contributed by atoms with E-state index in [-0.39, 0.29) is 44.8 Å². The summed E-state index contributed by atoms with van der Waals surface area (Å²) in [6, 6.07) is 37.8. The maximum Gasteiger partial charge on any atom is 0.333 e. The van der Waals surface area contributed by atoms with Crippen LogP contribution >= 0.6 is 0 Å². The van der Waals surface area contributed by atoms with Crippen LogP contribution in [0, 0.1) is 13.8 Å². The van der Waals surface area contributed by atoms with E-state index in [9.17, 15) is 0 Å². The van der Waals surface area contributed by atoms with Crippen LogP contribution in [0.4, 0.5) is 28.4 Å². The van der Waals surface area contributed by atoms with Crippen LogP contribution in [-0.4, -0.2) is 6.85 Å². The molecule has 0 atom stereocenters. The molecule has 2 heterocycles. The second-order valence-electron chi connectivity index (χ2n) is 27.1. The van der Waals surface area contributed by atoms with E-state index in [1.807, 2.05) is 0 Å². The summed E-state index contributed by atoms with van der Waals surface area (Å²) in [5.74, 6) is 0. The van der Waals surface area contributed by atoms with Crippen molar-refractivity contribution in [2.24, 2.45) is 0 Å². The largest absolute Gasteiger partial charge is 0.376 e. The monoisotopic (exact) mass is 895 g/mol. The fraction of sp³-hybridized carbons (Fsp3) is 0.446. The lowest BCUT2D eigenvalue weighted by Crippen LogP contribution is -2.62. The van der Waals surface area contributed by atoms with E-state index >= 15 is 0 Å². The second kappa shape index (κ2) is 13.6. The molecular weight excluding hydrogens is 820 g/mol. The van der Waals surface area contributed by atoms with Gasteiger partial charge >= 0.3 is 6.85 Å². The van der Waals surface area contributed by atoms with E-state index in [4.69, 9.17) is 0 Å². The molecule has 0 fully saturated rings. The third-order valence-electron chi connectivity index (χ3n) is 19.4. The fourth-order valence-electron chi connectivity index (χ4n) is 14.7. The highest BCUT2D eigenvalue weighted by Crippen LogP contribution is 2.58. The van der Waals surface area contributed by atoms with Gasteiger partial charge in [0.2, 0.25) is 0 Å². The van der Waals surface area contributed by atoms with Crippen LogP contribution in [0.1, 0.15) is 191 Å². The van der Waals surface area contributed by atoms with Crippen molar-refractivity contribution in [3.63, 3.8) is 0 Å². The van der Waals surface area contributed by atoms with E-state index in [0.717, 1.165) is 0 Å². The maximum absolute atomic E-state index is 2.86. The average Bonchev–Trinajstić information content (AvgIpc) is 3.51. The van der Waals surface area contributed by atoms with Crippen molar-refractivity contribution in [3.05, 3.63) is 147 Å². The van der Waals surface area contributed by atoms with Crippen molar-refractivity contribution < 1.29 is 0 Å². The number of anilines is 5. The minimum absolute atomic E-state index is 0.0588. The minimum atomic E-state index is -0.146. The number of hydrogen-bond donors (Lipinski definition) is 0. The number of hydrogen-bond acceptors (Lipinski definition) is 2. The van der Waals surface area contributed by atoms with Gasteiger partial charge in [0.05, 0.1) is 0 Å². The molecule has 6 aromatic carbocycles. The lowest BCUT2D eigenvalue weighted by atomic mass is 9.42. The fourth-order valence-corrected chi connectivity index (χ4v) is 14.7. The van der Waals surface area contributed by atoms with E-state index in [1.165, 1.54) is 156 Å². The van der Waals surface area contributed by atoms with Crippen LogP contribution < -0.4 is 20.6 Å². The summed E-state index contributed by atoms with van der Waals surface area (Å²) in [5.41, 5.74) is 30.1. The molecule has 12 rings (SSSR count). The number of nitrogens with zero attached hydrogens (tertiary/aromatic N) is 2. The molecule has 0 radical (unpaired) electrons. The number of fused-ring (bicyclic) bond motifs is 11. The standard InChI is InChI=1S/C65H75BN2/c1-38-31-43-42-35-49-51(64(13,14)30-28-62(49,9)10)37-54(42)68(40-21-22-45-48(34-40)61(7,8)26-25-59(45,3)4)66-57(43)55(32-38)67(53-36-50-47(33-39(53)2)60(5,6)27-29-63(50,11)12)52-24-23-46-56(58(52)66)41-19-17-18-20-44(41)65(46,15)16/h17-24,31-37H,25-30H2,1-16H3. The molecule has 6 aliphatic rings. The molecule has 0 spiro atoms. The molecule has 0 amide bonds. The Balaban J connectivity index is 1.25. The Bertz CT molecular complexity index is 3200. The summed E-state index contributed by atoms with van der Waals surface area (Å²) in [5, 5.41) is 0. The summed E-state index contributed by atoms with van der Waals surface area (Å²) < 4.78 is 0. The molecule has 0 unspecified atom stereocenters. The Morgan fingerprint density at radius 2 is 0.897 bits per heavy atom. The molecule has 68 heavy (non-hydrogen) atoms. The summed E-state index contributed by atoms with van der Waals surface area (Å²) in [7, 11) is 0. The molecule has 4 aliphatic carbocycles. The van der Waals surface area contributed by atoms with E-state index in [2.05, 4.69) is 211 Å². The summed E-state index contributed by atoms with van der Waals surface area (Å²) in [6.07, 6.45) is 7.15. The Kier molecular flexibility index (Phi) is 8.87. The maximum atomic E-state index is 2.86. The van der Waals surface area contributed by atoms with Gasteiger partial charge in [0.1, 0.15) is 0 Å². The molecule has 0 saturated carbocycles. The first kappa shape index (κ1) is 44.2. The van der Waals surface area contributed by atoms with Gasteiger partial charge in [-0.05, 0) is 211 Å². The lowest BCUT2D eigenvalue weighted by Gasteiger charge is -2.49. The Hall–Kier alpha value is -5.02. The Labute approximate surface area is 410 Å². The summed E-state index contributed by atoms with van der Waals surface area (Å²) >= 11 is 0. The van der Waals surface area contributed by atoms with Gasteiger partial charge in [-0.2, -0.15) is 0 Å². The van der Waals surface area contributed by atoms with Crippen LogP contribution in [0.15, 0.2) is 91.0 Å². The third kappa shape index (κ3) is 5.89. The summed E-state index contributed by atoms with van der Waals surface area (Å²) in [6.45, 7) is 39.4. The highest BCUT2D eigenvalue weighted by Gasteiger charge is 2.52. The van der Waals surface area contributed by atoms with E-state index < -0.39 is 0 Å². The zero-order valence-corrected chi connectivity index (χ0v) is 44.4. The first-order valence-electron chi connectivity index (χ1n) is 26.3. The van der Waals surface area contributed by atoms with Gasteiger partial charge in [-0.3, -0.25) is 0 Å². The van der Waals surface area contributed by atoms with Gasteiger partial charge in [-0.15, -0.1) is 0 Å². The summed E-state index contributed by atoms with van der Waals surface area (Å²) in [4.78, 5) is 5.61. The van der Waals surface area contributed by atoms with Gasteiger partial charge in [-0.1, -0.05) is 145 Å². The molecule has 6 aromatic rings. The topological polar surface area (TPSA) is 6.48 Å². The number of benzene rings is 6. The average molecular weight is 895 g/mol. The van der Waals surface area contributed by atoms with Crippen molar-refractivity contribution >= 4 is 46.2 Å². The van der Waals surface area contributed by atoms with Gasteiger partial charge in [-0.25, -0.2) is 0 Å². The highest BCUT2D eigenvalue weighted by molar-refractivity contribution is 6.94. The van der Waals surface area contributed by atoms with Gasteiger partial charge in [0.25, 0.3) is 0 Å².